The van der Waals surface area contributed by atoms with Gasteiger partial charge in [0, 0.05) is 13.1 Å². The van der Waals surface area contributed by atoms with Gasteiger partial charge in [0.05, 0.1) is 6.54 Å². The average molecular weight is 346 g/mol. The monoisotopic (exact) mass is 346 g/mol. The van der Waals surface area contributed by atoms with E-state index in [-0.39, 0.29) is 31.0 Å². The Morgan fingerprint density at radius 1 is 1.22 bits per heavy atom. The number of aromatic nitrogens is 3. The molecule has 6 nitrogen and oxygen atoms in total. The van der Waals surface area contributed by atoms with Crippen LogP contribution in [-0.4, -0.2) is 34.0 Å². The lowest BCUT2D eigenvalue weighted by atomic mass is 10.2. The fourth-order valence-corrected chi connectivity index (χ4v) is 4.25. The van der Waals surface area contributed by atoms with E-state index in [1.165, 1.54) is 23.6 Å². The van der Waals surface area contributed by atoms with Crippen LogP contribution in [0.1, 0.15) is 23.6 Å². The van der Waals surface area contributed by atoms with Crippen molar-refractivity contribution in [2.24, 2.45) is 0 Å². The molecule has 23 heavy (non-hydrogen) atoms. The van der Waals surface area contributed by atoms with E-state index < -0.39 is 33.0 Å². The zero-order chi connectivity index (χ0) is 16.8. The van der Waals surface area contributed by atoms with Crippen LogP contribution in [0.3, 0.4) is 0 Å². The van der Waals surface area contributed by atoms with Gasteiger partial charge in [0.1, 0.15) is 16.5 Å². The zero-order valence-corrected chi connectivity index (χ0v) is 12.9. The standard InChI is InChI=1S/C13H13F3N4O2S/c1-8-3-2-4-9(14)11(8)23(21,22)19-5-6-20-10(7-19)17-18-13(20)12(15)16/h2-4,12H,5-7H2,1H3. The first kappa shape index (κ1) is 15.9. The highest BCUT2D eigenvalue weighted by atomic mass is 32.2. The highest BCUT2D eigenvalue weighted by molar-refractivity contribution is 7.89. The molecule has 0 saturated heterocycles. The van der Waals surface area contributed by atoms with Crippen LogP contribution in [0.25, 0.3) is 0 Å². The summed E-state index contributed by atoms with van der Waals surface area (Å²) in [6, 6.07) is 3.99. The average Bonchev–Trinajstić information content (AvgIpc) is 2.89. The molecular formula is C13H13F3N4O2S. The van der Waals surface area contributed by atoms with Crippen LogP contribution in [0.5, 0.6) is 0 Å². The van der Waals surface area contributed by atoms with E-state index in [1.807, 2.05) is 0 Å². The lowest BCUT2D eigenvalue weighted by Gasteiger charge is -2.27. The van der Waals surface area contributed by atoms with E-state index in [4.69, 9.17) is 0 Å². The Hall–Kier alpha value is -1.94. The van der Waals surface area contributed by atoms with Gasteiger partial charge >= 0.3 is 0 Å². The van der Waals surface area contributed by atoms with Crippen molar-refractivity contribution in [2.75, 3.05) is 6.54 Å². The third kappa shape index (κ3) is 2.61. The van der Waals surface area contributed by atoms with E-state index in [2.05, 4.69) is 10.2 Å². The Morgan fingerprint density at radius 2 is 1.96 bits per heavy atom. The summed E-state index contributed by atoms with van der Waals surface area (Å²) in [5.41, 5.74) is 0.283. The summed E-state index contributed by atoms with van der Waals surface area (Å²) >= 11 is 0. The summed E-state index contributed by atoms with van der Waals surface area (Å²) in [5, 5.41) is 7.00. The molecule has 1 aliphatic rings. The number of aryl methyl sites for hydroxylation is 1. The van der Waals surface area contributed by atoms with Crippen LogP contribution in [0.2, 0.25) is 0 Å². The summed E-state index contributed by atoms with van der Waals surface area (Å²) < 4.78 is 67.1. The van der Waals surface area contributed by atoms with Crippen molar-refractivity contribution in [3.05, 3.63) is 41.2 Å². The largest absolute Gasteiger partial charge is 0.308 e. The van der Waals surface area contributed by atoms with Gasteiger partial charge in [0.25, 0.3) is 6.43 Å². The Morgan fingerprint density at radius 3 is 2.61 bits per heavy atom. The summed E-state index contributed by atoms with van der Waals surface area (Å²) in [6.07, 6.45) is -2.78. The van der Waals surface area contributed by atoms with E-state index in [9.17, 15) is 21.6 Å². The molecule has 0 aliphatic carbocycles. The molecule has 0 radical (unpaired) electrons. The van der Waals surface area contributed by atoms with Gasteiger partial charge in [-0.3, -0.25) is 0 Å². The molecule has 0 fully saturated rings. The third-order valence-corrected chi connectivity index (χ3v) is 5.73. The highest BCUT2D eigenvalue weighted by Crippen LogP contribution is 2.27. The van der Waals surface area contributed by atoms with E-state index in [1.54, 1.807) is 0 Å². The molecule has 0 N–H and O–H groups in total. The van der Waals surface area contributed by atoms with Crippen molar-refractivity contribution in [1.29, 1.82) is 0 Å². The minimum atomic E-state index is -4.09. The van der Waals surface area contributed by atoms with Crippen molar-refractivity contribution in [1.82, 2.24) is 19.1 Å². The van der Waals surface area contributed by atoms with Crippen LogP contribution >= 0.6 is 0 Å². The second-order valence-electron chi connectivity index (χ2n) is 5.15. The maximum atomic E-state index is 14.0. The number of nitrogens with zero attached hydrogens (tertiary/aromatic N) is 4. The van der Waals surface area contributed by atoms with Gasteiger partial charge in [-0.25, -0.2) is 21.6 Å². The van der Waals surface area contributed by atoms with Gasteiger partial charge in [-0.15, -0.1) is 10.2 Å². The molecule has 1 aromatic carbocycles. The van der Waals surface area contributed by atoms with Crippen LogP contribution in [0, 0.1) is 12.7 Å². The summed E-state index contributed by atoms with van der Waals surface area (Å²) in [4.78, 5) is -0.401. The van der Waals surface area contributed by atoms with Crippen molar-refractivity contribution in [3.63, 3.8) is 0 Å². The molecule has 0 atom stereocenters. The Kier molecular flexibility index (Phi) is 3.88. The van der Waals surface area contributed by atoms with Gasteiger partial charge in [-0.1, -0.05) is 12.1 Å². The van der Waals surface area contributed by atoms with Crippen LogP contribution in [0.15, 0.2) is 23.1 Å². The SMILES string of the molecule is Cc1cccc(F)c1S(=O)(=O)N1CCn2c(nnc2C(F)F)C1. The van der Waals surface area contributed by atoms with Gasteiger partial charge < -0.3 is 4.57 Å². The van der Waals surface area contributed by atoms with Crippen molar-refractivity contribution in [3.8, 4) is 0 Å². The second-order valence-corrected chi connectivity index (χ2v) is 7.03. The minimum absolute atomic E-state index is 0.00522. The maximum Gasteiger partial charge on any atom is 0.297 e. The fourth-order valence-electron chi connectivity index (χ4n) is 2.60. The quantitative estimate of drug-likeness (QED) is 0.851. The predicted octanol–water partition coefficient (Wildman–Crippen LogP) is 1.87. The first-order valence-electron chi connectivity index (χ1n) is 6.77. The first-order chi connectivity index (χ1) is 10.8. The number of benzene rings is 1. The van der Waals surface area contributed by atoms with Crippen LogP contribution in [-0.2, 0) is 23.1 Å². The molecule has 0 amide bonds. The molecule has 2 heterocycles. The van der Waals surface area contributed by atoms with Gasteiger partial charge in [0.2, 0.25) is 10.0 Å². The lowest BCUT2D eigenvalue weighted by Crippen LogP contribution is -2.39. The summed E-state index contributed by atoms with van der Waals surface area (Å²) in [7, 11) is -4.09. The molecule has 1 aliphatic heterocycles. The number of sulfonamides is 1. The lowest BCUT2D eigenvalue weighted by molar-refractivity contribution is 0.132. The predicted molar refractivity (Wildman–Crippen MR) is 73.7 cm³/mol. The van der Waals surface area contributed by atoms with Crippen molar-refractivity contribution < 1.29 is 21.6 Å². The Bertz CT molecular complexity index is 831. The number of rotatable bonds is 3. The number of fused-ring (bicyclic) bond motifs is 1. The maximum absolute atomic E-state index is 14.0. The van der Waals surface area contributed by atoms with E-state index in [0.717, 1.165) is 10.4 Å². The van der Waals surface area contributed by atoms with Crippen LogP contribution < -0.4 is 0 Å². The highest BCUT2D eigenvalue weighted by Gasteiger charge is 2.34. The third-order valence-electron chi connectivity index (χ3n) is 3.70. The molecule has 0 spiro atoms. The molecule has 1 aromatic heterocycles. The second kappa shape index (κ2) is 5.60. The molecule has 2 aromatic rings. The molecule has 0 saturated carbocycles. The zero-order valence-electron chi connectivity index (χ0n) is 12.1. The molecule has 10 heteroatoms. The topological polar surface area (TPSA) is 68.1 Å². The Labute approximate surface area is 130 Å². The van der Waals surface area contributed by atoms with Gasteiger partial charge in [-0.2, -0.15) is 4.31 Å². The Balaban J connectivity index is 1.97. The van der Waals surface area contributed by atoms with Gasteiger partial charge in [-0.05, 0) is 18.6 Å². The smallest absolute Gasteiger partial charge is 0.297 e. The number of halogens is 3. The van der Waals surface area contributed by atoms with Gasteiger partial charge in [0.15, 0.2) is 5.82 Å². The number of hydrogen-bond acceptors (Lipinski definition) is 4. The molecule has 0 unspecified atom stereocenters. The molecule has 3 rings (SSSR count). The fraction of sp³-hybridized carbons (Fsp3) is 0.385. The number of alkyl halides is 2. The minimum Gasteiger partial charge on any atom is -0.308 e. The van der Waals surface area contributed by atoms with Crippen molar-refractivity contribution >= 4 is 10.0 Å². The normalized spacial score (nSPS) is 15.9. The molecule has 124 valence electrons. The summed E-state index contributed by atoms with van der Waals surface area (Å²) in [5.74, 6) is -1.21. The van der Waals surface area contributed by atoms with Crippen LogP contribution in [0.4, 0.5) is 13.2 Å². The van der Waals surface area contributed by atoms with E-state index in [0.29, 0.717) is 0 Å². The first-order valence-corrected chi connectivity index (χ1v) is 8.21. The van der Waals surface area contributed by atoms with E-state index >= 15 is 0 Å². The molecule has 0 bridgehead atoms. The van der Waals surface area contributed by atoms with Crippen molar-refractivity contribution in [2.45, 2.75) is 31.3 Å². The molecular weight excluding hydrogens is 333 g/mol. The summed E-state index contributed by atoms with van der Waals surface area (Å²) in [6.45, 7) is 1.21. The number of hydrogen-bond donors (Lipinski definition) is 0.